The molecule has 216 valence electrons. The van der Waals surface area contributed by atoms with Gasteiger partial charge in [-0.05, 0) is 63.1 Å². The third kappa shape index (κ3) is 11.9. The summed E-state index contributed by atoms with van der Waals surface area (Å²) in [4.78, 5) is 0. The number of halogens is 3. The van der Waals surface area contributed by atoms with Crippen molar-refractivity contribution < 1.29 is 21.6 Å². The number of ether oxygens (including phenoxy) is 1. The van der Waals surface area contributed by atoms with Crippen LogP contribution in [-0.2, 0) is 36.9 Å². The normalized spacial score (nSPS) is 11.6. The van der Waals surface area contributed by atoms with Gasteiger partial charge < -0.3 is 13.9 Å². The highest BCUT2D eigenvalue weighted by atomic mass is 79.9. The number of hydrogen-bond acceptors (Lipinski definition) is 5. The van der Waals surface area contributed by atoms with Crippen molar-refractivity contribution in [2.24, 2.45) is 5.14 Å². The molecule has 0 aliphatic carbocycles. The Morgan fingerprint density at radius 1 is 0.769 bits per heavy atom. The number of benzene rings is 2. The predicted molar refractivity (Wildman–Crippen MR) is 168 cm³/mol. The van der Waals surface area contributed by atoms with E-state index in [4.69, 9.17) is 20.6 Å². The van der Waals surface area contributed by atoms with Crippen molar-refractivity contribution in [2.45, 2.75) is 39.8 Å². The molecule has 2 heterocycles. The highest BCUT2D eigenvalue weighted by molar-refractivity contribution is 9.11. The summed E-state index contributed by atoms with van der Waals surface area (Å²) in [7, 11) is -1.58. The number of sulfonamides is 1. The molecule has 8 nitrogen and oxygen atoms in total. The van der Waals surface area contributed by atoms with E-state index in [1.54, 1.807) is 0 Å². The largest absolute Gasteiger partial charge is 0.382 e. The number of fused-ring (bicyclic) bond motifs is 2. The van der Waals surface area contributed by atoms with Crippen LogP contribution in [0.5, 0.6) is 0 Å². The van der Waals surface area contributed by atoms with E-state index in [1.807, 2.05) is 83.9 Å². The summed E-state index contributed by atoms with van der Waals surface area (Å²) in [5, 5.41) is 7.22. The molecule has 0 aliphatic heterocycles. The molecule has 13 heteroatoms. The van der Waals surface area contributed by atoms with E-state index in [9.17, 15) is 16.8 Å². The van der Waals surface area contributed by atoms with Gasteiger partial charge in [0.25, 0.3) is 0 Å². The molecule has 0 fully saturated rings. The second-order valence-corrected chi connectivity index (χ2v) is 14.8. The van der Waals surface area contributed by atoms with Crippen LogP contribution in [0.3, 0.4) is 0 Å². The number of aryl methyl sites for hydroxylation is 2. The van der Waals surface area contributed by atoms with E-state index in [0.29, 0.717) is 25.9 Å². The molecule has 0 atom stereocenters. The highest BCUT2D eigenvalue weighted by Gasteiger charge is 2.08. The second kappa shape index (κ2) is 16.1. The SMILES string of the molecule is CCOCC.NS(=O)(=O)CCCn1ccc2c(Br)cccc21.O=S(=O)(Cl)CCCn1ccc2c(Br)cccc21. The molecule has 2 aromatic heterocycles. The average molecular weight is 728 g/mol. The first-order chi connectivity index (χ1) is 18.4. The van der Waals surface area contributed by atoms with Crippen molar-refractivity contribution in [3.63, 3.8) is 0 Å². The minimum Gasteiger partial charge on any atom is -0.382 e. The van der Waals surface area contributed by atoms with Crippen molar-refractivity contribution in [3.05, 3.63) is 69.9 Å². The van der Waals surface area contributed by atoms with Crippen molar-refractivity contribution in [1.29, 1.82) is 0 Å². The molecule has 0 radical (unpaired) electrons. The molecule has 2 aromatic carbocycles. The summed E-state index contributed by atoms with van der Waals surface area (Å²) in [5.41, 5.74) is 2.18. The summed E-state index contributed by atoms with van der Waals surface area (Å²) >= 11 is 6.96. The van der Waals surface area contributed by atoms with Gasteiger partial charge in [-0.25, -0.2) is 22.0 Å². The Balaban J connectivity index is 0.000000234. The van der Waals surface area contributed by atoms with Crippen LogP contribution in [0.4, 0.5) is 0 Å². The van der Waals surface area contributed by atoms with Gasteiger partial charge in [-0.15, -0.1) is 0 Å². The molecular weight excluding hydrogens is 694 g/mol. The minimum absolute atomic E-state index is 0.00221. The third-order valence-electron chi connectivity index (χ3n) is 5.54. The highest BCUT2D eigenvalue weighted by Crippen LogP contribution is 2.25. The van der Waals surface area contributed by atoms with Crippen LogP contribution in [0.25, 0.3) is 21.8 Å². The quantitative estimate of drug-likeness (QED) is 0.188. The molecule has 0 amide bonds. The third-order valence-corrected chi connectivity index (χ3v) is 9.02. The standard InChI is InChI=1S/C11H11BrClNO2S.C11H13BrN2O2S.C4H10O/c2*12-10-3-1-4-11-9(10)5-7-14(11)6-2-8-17(13,15)16;1-3-5-4-2/h1,3-5,7H,2,6,8H2;1,3-5,7H,2,6,8H2,(H2,13,15,16);3-4H2,1-2H3. The molecule has 39 heavy (non-hydrogen) atoms. The Hall–Kier alpha value is -1.41. The molecule has 4 aromatic rings. The first kappa shape index (κ1) is 33.8. The number of rotatable bonds is 10. The topological polar surface area (TPSA) is 113 Å². The number of aromatic nitrogens is 2. The van der Waals surface area contributed by atoms with E-state index in [1.165, 1.54) is 0 Å². The predicted octanol–water partition coefficient (Wildman–Crippen LogP) is 6.49. The van der Waals surface area contributed by atoms with Crippen LogP contribution in [0.2, 0.25) is 0 Å². The molecule has 4 rings (SSSR count). The van der Waals surface area contributed by atoms with Gasteiger partial charge in [0.2, 0.25) is 19.1 Å². The van der Waals surface area contributed by atoms with Crippen molar-refractivity contribution in [2.75, 3.05) is 24.7 Å². The number of nitrogens with two attached hydrogens (primary N) is 1. The summed E-state index contributed by atoms with van der Waals surface area (Å²) in [6.07, 6.45) is 4.95. The van der Waals surface area contributed by atoms with Gasteiger partial charge in [0.1, 0.15) is 0 Å². The average Bonchev–Trinajstić information content (AvgIpc) is 3.45. The van der Waals surface area contributed by atoms with E-state index in [-0.39, 0.29) is 11.5 Å². The number of primary sulfonamides is 1. The first-order valence-corrected chi connectivity index (χ1v) is 18.1. The Bertz CT molecular complexity index is 1440. The van der Waals surface area contributed by atoms with Gasteiger partial charge in [0, 0.05) is 80.1 Å². The van der Waals surface area contributed by atoms with Crippen LogP contribution in [0.1, 0.15) is 26.7 Å². The maximum atomic E-state index is 10.8. The van der Waals surface area contributed by atoms with Gasteiger partial charge in [-0.1, -0.05) is 44.0 Å². The van der Waals surface area contributed by atoms with Gasteiger partial charge in [0.05, 0.1) is 11.5 Å². The summed E-state index contributed by atoms with van der Waals surface area (Å²) in [5.74, 6) is 0.0168. The van der Waals surface area contributed by atoms with Crippen LogP contribution < -0.4 is 5.14 Å². The van der Waals surface area contributed by atoms with Crippen LogP contribution in [0, 0.1) is 0 Å². The van der Waals surface area contributed by atoms with E-state index in [2.05, 4.69) is 31.9 Å². The first-order valence-electron chi connectivity index (χ1n) is 12.3. The van der Waals surface area contributed by atoms with Crippen LogP contribution in [0.15, 0.2) is 69.9 Å². The molecule has 0 saturated carbocycles. The van der Waals surface area contributed by atoms with E-state index >= 15 is 0 Å². The summed E-state index contributed by atoms with van der Waals surface area (Å²) in [6, 6.07) is 15.9. The van der Waals surface area contributed by atoms with E-state index in [0.717, 1.165) is 44.0 Å². The zero-order valence-corrected chi connectivity index (χ0v) is 27.5. The Labute approximate surface area is 252 Å². The molecule has 0 unspecified atom stereocenters. The fraction of sp³-hybridized carbons (Fsp3) is 0.385. The van der Waals surface area contributed by atoms with Crippen LogP contribution in [-0.4, -0.2) is 50.7 Å². The zero-order chi connectivity index (χ0) is 29.1. The second-order valence-electron chi connectivity index (χ2n) is 8.46. The summed E-state index contributed by atoms with van der Waals surface area (Å²) < 4.78 is 54.3. The monoisotopic (exact) mass is 725 g/mol. The Morgan fingerprint density at radius 2 is 1.21 bits per heavy atom. The van der Waals surface area contributed by atoms with Crippen molar-refractivity contribution >= 4 is 83.4 Å². The van der Waals surface area contributed by atoms with Gasteiger partial charge in [-0.2, -0.15) is 0 Å². The Morgan fingerprint density at radius 3 is 1.56 bits per heavy atom. The lowest BCUT2D eigenvalue weighted by atomic mass is 10.2. The lowest BCUT2D eigenvalue weighted by molar-refractivity contribution is 0.162. The summed E-state index contributed by atoms with van der Waals surface area (Å²) in [6.45, 7) is 6.96. The van der Waals surface area contributed by atoms with Crippen molar-refractivity contribution in [1.82, 2.24) is 9.13 Å². The zero-order valence-electron chi connectivity index (χ0n) is 21.9. The minimum atomic E-state index is -3.39. The Kier molecular flexibility index (Phi) is 14.0. The van der Waals surface area contributed by atoms with Gasteiger partial charge in [0.15, 0.2) is 0 Å². The van der Waals surface area contributed by atoms with Gasteiger partial charge in [-0.3, -0.25) is 0 Å². The number of nitrogens with zero attached hydrogens (tertiary/aromatic N) is 2. The smallest absolute Gasteiger partial charge is 0.232 e. The number of hydrogen-bond donors (Lipinski definition) is 1. The molecule has 0 spiro atoms. The lowest BCUT2D eigenvalue weighted by Gasteiger charge is -2.05. The molecule has 2 N–H and O–H groups in total. The van der Waals surface area contributed by atoms with Crippen molar-refractivity contribution in [3.8, 4) is 0 Å². The fourth-order valence-corrected chi connectivity index (χ4v) is 6.12. The molecule has 0 aliphatic rings. The molecule has 0 bridgehead atoms. The fourth-order valence-electron chi connectivity index (χ4n) is 3.81. The van der Waals surface area contributed by atoms with E-state index < -0.39 is 19.1 Å². The van der Waals surface area contributed by atoms with Gasteiger partial charge >= 0.3 is 0 Å². The maximum absolute atomic E-state index is 10.8. The molecular formula is C26H34Br2ClN3O5S2. The lowest BCUT2D eigenvalue weighted by Crippen LogP contribution is -2.17. The van der Waals surface area contributed by atoms with Crippen LogP contribution >= 0.6 is 42.5 Å². The maximum Gasteiger partial charge on any atom is 0.232 e. The molecule has 0 saturated heterocycles.